The second-order valence-corrected chi connectivity index (χ2v) is 4.11. The van der Waals surface area contributed by atoms with Crippen molar-refractivity contribution in [2.24, 2.45) is 0 Å². The second-order valence-electron chi connectivity index (χ2n) is 4.11. The number of carbonyl (C=O) groups is 1. The van der Waals surface area contributed by atoms with Crippen LogP contribution in [-0.2, 0) is 0 Å². The largest absolute Gasteiger partial charge is 0.441 e. The molecule has 0 unspecified atom stereocenters. The first kappa shape index (κ1) is 14.0. The summed E-state index contributed by atoms with van der Waals surface area (Å²) in [6.45, 7) is 1.79. The molecule has 1 N–H and O–H groups in total. The highest BCUT2D eigenvalue weighted by molar-refractivity contribution is 6.04. The summed E-state index contributed by atoms with van der Waals surface area (Å²) in [5.74, 6) is 0.398. The zero-order chi connectivity index (χ0) is 13.2. The van der Waals surface area contributed by atoms with Gasteiger partial charge in [-0.25, -0.2) is 4.98 Å². The molecule has 0 aliphatic rings. The molecule has 20 heavy (non-hydrogen) atoms. The molecule has 0 aliphatic heterocycles. The summed E-state index contributed by atoms with van der Waals surface area (Å²) in [4.78, 5) is 20.1. The van der Waals surface area contributed by atoms with Gasteiger partial charge in [-0.15, -0.1) is 12.4 Å². The van der Waals surface area contributed by atoms with Gasteiger partial charge in [-0.2, -0.15) is 0 Å². The summed E-state index contributed by atoms with van der Waals surface area (Å²) in [5, 5.41) is 2.79. The molecule has 0 saturated heterocycles. The van der Waals surface area contributed by atoms with Gasteiger partial charge < -0.3 is 9.73 Å². The molecule has 6 heteroatoms. The van der Waals surface area contributed by atoms with Crippen molar-refractivity contribution in [1.82, 2.24) is 9.97 Å². The molecular weight excluding hydrogens is 278 g/mol. The van der Waals surface area contributed by atoms with Gasteiger partial charge in [0.05, 0.1) is 5.56 Å². The number of oxazole rings is 1. The summed E-state index contributed by atoms with van der Waals surface area (Å²) < 4.78 is 5.42. The number of halogens is 1. The minimum atomic E-state index is -0.205. The van der Waals surface area contributed by atoms with Crippen LogP contribution in [0.5, 0.6) is 0 Å². The molecular formula is C14H12ClN3O2. The van der Waals surface area contributed by atoms with Crippen molar-refractivity contribution in [3.8, 4) is 0 Å². The third-order valence-corrected chi connectivity index (χ3v) is 2.68. The van der Waals surface area contributed by atoms with Crippen molar-refractivity contribution in [2.75, 3.05) is 5.32 Å². The van der Waals surface area contributed by atoms with Crippen LogP contribution in [0.1, 0.15) is 16.2 Å². The lowest BCUT2D eigenvalue weighted by molar-refractivity contribution is 0.102. The van der Waals surface area contributed by atoms with Gasteiger partial charge in [0.25, 0.3) is 5.91 Å². The lowest BCUT2D eigenvalue weighted by Crippen LogP contribution is -2.11. The Labute approximate surface area is 121 Å². The number of fused-ring (bicyclic) bond motifs is 1. The minimum absolute atomic E-state index is 0. The van der Waals surface area contributed by atoms with E-state index in [9.17, 15) is 4.79 Å². The van der Waals surface area contributed by atoms with Crippen LogP contribution in [0.25, 0.3) is 11.1 Å². The standard InChI is InChI=1S/C14H11N3O2.ClH/c1-9-16-12-5-4-11(7-13(12)19-9)17-14(18)10-3-2-6-15-8-10;/h2-8H,1H3,(H,17,18);1H. The van der Waals surface area contributed by atoms with Crippen LogP contribution in [-0.4, -0.2) is 15.9 Å². The molecule has 0 aliphatic carbocycles. The van der Waals surface area contributed by atoms with E-state index in [0.717, 1.165) is 5.52 Å². The van der Waals surface area contributed by atoms with E-state index in [4.69, 9.17) is 4.42 Å². The molecule has 2 heterocycles. The average molecular weight is 290 g/mol. The number of anilines is 1. The van der Waals surface area contributed by atoms with Crippen LogP contribution in [0.2, 0.25) is 0 Å². The number of amides is 1. The Bertz CT molecular complexity index is 741. The Morgan fingerprint density at radius 2 is 2.15 bits per heavy atom. The van der Waals surface area contributed by atoms with Gasteiger partial charge in [0.2, 0.25) is 0 Å². The quantitative estimate of drug-likeness (QED) is 0.786. The first-order valence-corrected chi connectivity index (χ1v) is 5.81. The van der Waals surface area contributed by atoms with Crippen LogP contribution in [0, 0.1) is 6.92 Å². The molecule has 102 valence electrons. The van der Waals surface area contributed by atoms with Gasteiger partial charge in [0.1, 0.15) is 5.52 Å². The fourth-order valence-corrected chi connectivity index (χ4v) is 1.82. The van der Waals surface area contributed by atoms with Crippen molar-refractivity contribution in [3.05, 3.63) is 54.2 Å². The van der Waals surface area contributed by atoms with Gasteiger partial charge in [0.15, 0.2) is 11.5 Å². The Balaban J connectivity index is 0.00000147. The highest BCUT2D eigenvalue weighted by Gasteiger charge is 2.08. The van der Waals surface area contributed by atoms with Crippen molar-refractivity contribution in [3.63, 3.8) is 0 Å². The summed E-state index contributed by atoms with van der Waals surface area (Å²) in [6, 6.07) is 8.78. The third kappa shape index (κ3) is 2.78. The predicted octanol–water partition coefficient (Wildman–Crippen LogP) is 3.21. The third-order valence-electron chi connectivity index (χ3n) is 2.68. The number of benzene rings is 1. The van der Waals surface area contributed by atoms with Crippen LogP contribution >= 0.6 is 12.4 Å². The molecule has 0 radical (unpaired) electrons. The smallest absolute Gasteiger partial charge is 0.257 e. The Morgan fingerprint density at radius 3 is 2.90 bits per heavy atom. The fourth-order valence-electron chi connectivity index (χ4n) is 1.82. The number of hydrogen-bond acceptors (Lipinski definition) is 4. The Hall–Kier alpha value is -2.40. The summed E-state index contributed by atoms with van der Waals surface area (Å²) in [5.41, 5.74) is 2.60. The van der Waals surface area contributed by atoms with Crippen LogP contribution in [0.3, 0.4) is 0 Å². The molecule has 5 nitrogen and oxygen atoms in total. The van der Waals surface area contributed by atoms with Crippen LogP contribution in [0.4, 0.5) is 5.69 Å². The summed E-state index contributed by atoms with van der Waals surface area (Å²) in [7, 11) is 0. The zero-order valence-corrected chi connectivity index (χ0v) is 11.5. The van der Waals surface area contributed by atoms with Crippen LogP contribution < -0.4 is 5.32 Å². The number of nitrogens with one attached hydrogen (secondary N) is 1. The van der Waals surface area contributed by atoms with Crippen molar-refractivity contribution < 1.29 is 9.21 Å². The van der Waals surface area contributed by atoms with Gasteiger partial charge in [-0.1, -0.05) is 0 Å². The first-order valence-electron chi connectivity index (χ1n) is 5.81. The molecule has 2 aromatic heterocycles. The lowest BCUT2D eigenvalue weighted by atomic mass is 10.2. The maximum Gasteiger partial charge on any atom is 0.257 e. The predicted molar refractivity (Wildman–Crippen MR) is 78.2 cm³/mol. The molecule has 3 rings (SSSR count). The van der Waals surface area contributed by atoms with Crippen molar-refractivity contribution in [2.45, 2.75) is 6.92 Å². The maximum atomic E-state index is 12.0. The molecule has 0 spiro atoms. The van der Waals surface area contributed by atoms with E-state index in [1.165, 1.54) is 6.20 Å². The molecule has 0 atom stereocenters. The minimum Gasteiger partial charge on any atom is -0.441 e. The van der Waals surface area contributed by atoms with Gasteiger partial charge in [0, 0.05) is 31.1 Å². The number of aryl methyl sites for hydroxylation is 1. The molecule has 1 amide bonds. The topological polar surface area (TPSA) is 68.0 Å². The van der Waals surface area contributed by atoms with Crippen molar-refractivity contribution in [1.29, 1.82) is 0 Å². The highest BCUT2D eigenvalue weighted by Crippen LogP contribution is 2.20. The summed E-state index contributed by atoms with van der Waals surface area (Å²) in [6.07, 6.45) is 3.15. The van der Waals surface area contributed by atoms with E-state index in [0.29, 0.717) is 22.7 Å². The lowest BCUT2D eigenvalue weighted by Gasteiger charge is -2.04. The first-order chi connectivity index (χ1) is 9.22. The van der Waals surface area contributed by atoms with Gasteiger partial charge >= 0.3 is 0 Å². The normalized spacial score (nSPS) is 10.1. The van der Waals surface area contributed by atoms with E-state index in [2.05, 4.69) is 15.3 Å². The monoisotopic (exact) mass is 289 g/mol. The summed E-state index contributed by atoms with van der Waals surface area (Å²) >= 11 is 0. The average Bonchev–Trinajstić information content (AvgIpc) is 2.79. The fraction of sp³-hybridized carbons (Fsp3) is 0.0714. The number of hydrogen-bond donors (Lipinski definition) is 1. The molecule has 0 bridgehead atoms. The molecule has 0 fully saturated rings. The van der Waals surface area contributed by atoms with Crippen LogP contribution in [0.15, 0.2) is 47.1 Å². The second kappa shape index (κ2) is 5.71. The highest BCUT2D eigenvalue weighted by atomic mass is 35.5. The number of rotatable bonds is 2. The number of aromatic nitrogens is 2. The number of pyridine rings is 1. The van der Waals surface area contributed by atoms with E-state index >= 15 is 0 Å². The van der Waals surface area contributed by atoms with Gasteiger partial charge in [-0.3, -0.25) is 9.78 Å². The van der Waals surface area contributed by atoms with Gasteiger partial charge in [-0.05, 0) is 24.3 Å². The SMILES string of the molecule is Cc1nc2ccc(NC(=O)c3cccnc3)cc2o1.Cl. The molecule has 1 aromatic carbocycles. The maximum absolute atomic E-state index is 12.0. The zero-order valence-electron chi connectivity index (χ0n) is 10.7. The van der Waals surface area contributed by atoms with E-state index in [-0.39, 0.29) is 18.3 Å². The van der Waals surface area contributed by atoms with E-state index < -0.39 is 0 Å². The van der Waals surface area contributed by atoms with E-state index in [1.807, 2.05) is 6.07 Å². The van der Waals surface area contributed by atoms with E-state index in [1.54, 1.807) is 37.4 Å². The number of carbonyl (C=O) groups excluding carboxylic acids is 1. The Morgan fingerprint density at radius 1 is 1.30 bits per heavy atom. The Kier molecular flexibility index (Phi) is 4.00. The molecule has 3 aromatic rings. The number of nitrogens with zero attached hydrogens (tertiary/aromatic N) is 2. The van der Waals surface area contributed by atoms with Crippen molar-refractivity contribution >= 4 is 35.1 Å². The molecule has 0 saturated carbocycles.